The van der Waals surface area contributed by atoms with Gasteiger partial charge in [0, 0.05) is 28.6 Å². The number of halogens is 1. The summed E-state index contributed by atoms with van der Waals surface area (Å²) in [4.78, 5) is 8.50. The van der Waals surface area contributed by atoms with Gasteiger partial charge in [0.1, 0.15) is 17.9 Å². The maximum atomic E-state index is 12.5. The van der Waals surface area contributed by atoms with Crippen molar-refractivity contribution in [2.24, 2.45) is 0 Å². The molecular weight excluding hydrogens is 456 g/mol. The Bertz CT molecular complexity index is 1210. The molecule has 0 aliphatic heterocycles. The van der Waals surface area contributed by atoms with Crippen molar-refractivity contribution in [3.05, 3.63) is 89.9 Å². The van der Waals surface area contributed by atoms with E-state index in [0.717, 1.165) is 4.47 Å². The van der Waals surface area contributed by atoms with Crippen molar-refractivity contribution in [3.63, 3.8) is 0 Å². The Balaban J connectivity index is 1.47. The predicted molar refractivity (Wildman–Crippen MR) is 113 cm³/mol. The molecule has 2 aromatic heterocycles. The number of ether oxygens (including phenoxy) is 1. The van der Waals surface area contributed by atoms with E-state index in [9.17, 15) is 8.42 Å². The van der Waals surface area contributed by atoms with Crippen molar-refractivity contribution in [3.8, 4) is 17.4 Å². The second-order valence-corrected chi connectivity index (χ2v) is 8.59. The van der Waals surface area contributed by atoms with Gasteiger partial charge in [-0.1, -0.05) is 15.9 Å². The highest BCUT2D eigenvalue weighted by atomic mass is 79.9. The molecule has 0 amide bonds. The van der Waals surface area contributed by atoms with Crippen molar-refractivity contribution in [2.75, 3.05) is 4.72 Å². The van der Waals surface area contributed by atoms with Gasteiger partial charge in [0.05, 0.1) is 4.90 Å². The molecule has 0 aliphatic carbocycles. The van der Waals surface area contributed by atoms with Gasteiger partial charge in [0.25, 0.3) is 10.0 Å². The molecule has 0 saturated carbocycles. The first kappa shape index (κ1) is 19.2. The Morgan fingerprint density at radius 1 is 0.931 bits per heavy atom. The molecule has 29 heavy (non-hydrogen) atoms. The van der Waals surface area contributed by atoms with Crippen molar-refractivity contribution in [2.45, 2.75) is 4.90 Å². The van der Waals surface area contributed by atoms with Crippen LogP contribution in [-0.4, -0.2) is 23.0 Å². The zero-order chi connectivity index (χ0) is 20.3. The number of hydrogen-bond donors (Lipinski definition) is 1. The SMILES string of the molecule is O=S(=O)(Nc1ccc(Oc2cc(-n3cccc3)ncn2)cc1)c1ccc(Br)cc1. The first-order valence-electron chi connectivity index (χ1n) is 8.51. The quantitative estimate of drug-likeness (QED) is 0.444. The van der Waals surface area contributed by atoms with Gasteiger partial charge in [-0.25, -0.2) is 18.4 Å². The van der Waals surface area contributed by atoms with Gasteiger partial charge >= 0.3 is 0 Å². The average Bonchev–Trinajstić information content (AvgIpc) is 3.25. The molecule has 0 bridgehead atoms. The Kier molecular flexibility index (Phi) is 5.32. The zero-order valence-corrected chi connectivity index (χ0v) is 17.3. The zero-order valence-electron chi connectivity index (χ0n) is 14.9. The summed E-state index contributed by atoms with van der Waals surface area (Å²) in [6.45, 7) is 0. The second kappa shape index (κ2) is 8.06. The van der Waals surface area contributed by atoms with Crippen LogP contribution in [0.3, 0.4) is 0 Å². The molecule has 4 rings (SSSR count). The molecule has 1 N–H and O–H groups in total. The summed E-state index contributed by atoms with van der Waals surface area (Å²) in [6.07, 6.45) is 5.17. The van der Waals surface area contributed by atoms with E-state index in [1.54, 1.807) is 42.5 Å². The van der Waals surface area contributed by atoms with E-state index in [4.69, 9.17) is 4.74 Å². The smallest absolute Gasteiger partial charge is 0.261 e. The molecule has 146 valence electrons. The van der Waals surface area contributed by atoms with Crippen LogP contribution in [0.2, 0.25) is 0 Å². The summed E-state index contributed by atoms with van der Waals surface area (Å²) >= 11 is 3.29. The number of anilines is 1. The number of rotatable bonds is 6. The van der Waals surface area contributed by atoms with E-state index < -0.39 is 10.0 Å². The highest BCUT2D eigenvalue weighted by molar-refractivity contribution is 9.10. The largest absolute Gasteiger partial charge is 0.439 e. The third-order valence-electron chi connectivity index (χ3n) is 3.95. The number of hydrogen-bond acceptors (Lipinski definition) is 5. The van der Waals surface area contributed by atoms with Crippen LogP contribution in [0.1, 0.15) is 0 Å². The third-order valence-corrected chi connectivity index (χ3v) is 5.88. The van der Waals surface area contributed by atoms with E-state index in [1.807, 2.05) is 29.1 Å². The highest BCUT2D eigenvalue weighted by Crippen LogP contribution is 2.24. The van der Waals surface area contributed by atoms with Crippen LogP contribution in [-0.2, 0) is 10.0 Å². The maximum Gasteiger partial charge on any atom is 0.261 e. The van der Waals surface area contributed by atoms with Gasteiger partial charge in [-0.2, -0.15) is 0 Å². The van der Waals surface area contributed by atoms with Gasteiger partial charge in [-0.05, 0) is 60.7 Å². The van der Waals surface area contributed by atoms with E-state index in [-0.39, 0.29) is 4.90 Å². The molecule has 0 atom stereocenters. The normalized spacial score (nSPS) is 11.2. The molecule has 2 heterocycles. The summed E-state index contributed by atoms with van der Waals surface area (Å²) in [5, 5.41) is 0. The third kappa shape index (κ3) is 4.64. The minimum absolute atomic E-state index is 0.180. The van der Waals surface area contributed by atoms with Crippen LogP contribution < -0.4 is 9.46 Å². The van der Waals surface area contributed by atoms with Crippen LogP contribution >= 0.6 is 15.9 Å². The number of sulfonamides is 1. The molecule has 0 spiro atoms. The molecule has 4 aromatic rings. The summed E-state index contributed by atoms with van der Waals surface area (Å²) in [7, 11) is -3.67. The molecular formula is C20H15BrN4O3S. The Morgan fingerprint density at radius 2 is 1.62 bits per heavy atom. The molecule has 0 radical (unpaired) electrons. The minimum Gasteiger partial charge on any atom is -0.439 e. The lowest BCUT2D eigenvalue weighted by Gasteiger charge is -2.10. The molecule has 7 nitrogen and oxygen atoms in total. The molecule has 9 heteroatoms. The van der Waals surface area contributed by atoms with Crippen molar-refractivity contribution in [1.29, 1.82) is 0 Å². The average molecular weight is 471 g/mol. The maximum absolute atomic E-state index is 12.5. The second-order valence-electron chi connectivity index (χ2n) is 5.99. The molecule has 0 fully saturated rings. The van der Waals surface area contributed by atoms with Crippen LogP contribution in [0, 0.1) is 0 Å². The Labute approximate surface area is 176 Å². The van der Waals surface area contributed by atoms with Gasteiger partial charge < -0.3 is 9.30 Å². The Morgan fingerprint density at radius 3 is 2.31 bits per heavy atom. The van der Waals surface area contributed by atoms with Gasteiger partial charge in [0.2, 0.25) is 5.88 Å². The fraction of sp³-hybridized carbons (Fsp3) is 0. The lowest BCUT2D eigenvalue weighted by molar-refractivity contribution is 0.461. The molecule has 0 aliphatic rings. The van der Waals surface area contributed by atoms with Crippen molar-refractivity contribution in [1.82, 2.24) is 14.5 Å². The predicted octanol–water partition coefficient (Wildman–Crippen LogP) is 4.62. The van der Waals surface area contributed by atoms with E-state index in [0.29, 0.717) is 23.1 Å². The number of benzene rings is 2. The summed E-state index contributed by atoms with van der Waals surface area (Å²) < 4.78 is 35.9. The first-order chi connectivity index (χ1) is 14.0. The topological polar surface area (TPSA) is 86.1 Å². The highest BCUT2D eigenvalue weighted by Gasteiger charge is 2.14. The van der Waals surface area contributed by atoms with Gasteiger partial charge in [-0.15, -0.1) is 0 Å². The lowest BCUT2D eigenvalue weighted by atomic mass is 10.3. The fourth-order valence-electron chi connectivity index (χ4n) is 2.55. The monoisotopic (exact) mass is 470 g/mol. The summed E-state index contributed by atoms with van der Waals surface area (Å²) in [5.74, 6) is 1.58. The van der Waals surface area contributed by atoms with Crippen LogP contribution in [0.4, 0.5) is 5.69 Å². The number of aromatic nitrogens is 3. The van der Waals surface area contributed by atoms with Crippen LogP contribution in [0.25, 0.3) is 5.82 Å². The van der Waals surface area contributed by atoms with Gasteiger partial charge in [-0.3, -0.25) is 4.72 Å². The standard InChI is InChI=1S/C20H15BrN4O3S/c21-15-3-9-18(10-4-15)29(26,27)24-16-5-7-17(8-6-16)28-20-13-19(22-14-23-20)25-11-1-2-12-25/h1-14,24H. The van der Waals surface area contributed by atoms with Crippen LogP contribution in [0.5, 0.6) is 11.6 Å². The molecule has 0 unspecified atom stereocenters. The van der Waals surface area contributed by atoms with Gasteiger partial charge in [0.15, 0.2) is 0 Å². The molecule has 2 aromatic carbocycles. The van der Waals surface area contributed by atoms with Crippen molar-refractivity contribution >= 4 is 31.6 Å². The lowest BCUT2D eigenvalue weighted by Crippen LogP contribution is -2.12. The first-order valence-corrected chi connectivity index (χ1v) is 10.8. The minimum atomic E-state index is -3.67. The van der Waals surface area contributed by atoms with E-state index >= 15 is 0 Å². The van der Waals surface area contributed by atoms with Crippen LogP contribution in [0.15, 0.2) is 94.8 Å². The molecule has 0 saturated heterocycles. The van der Waals surface area contributed by atoms with E-state index in [2.05, 4.69) is 30.6 Å². The Hall–Kier alpha value is -3.17. The summed E-state index contributed by atoms with van der Waals surface area (Å²) in [6, 6.07) is 18.5. The van der Waals surface area contributed by atoms with Crippen molar-refractivity contribution < 1.29 is 13.2 Å². The number of nitrogens with one attached hydrogen (secondary N) is 1. The number of nitrogens with zero attached hydrogens (tertiary/aromatic N) is 3. The fourth-order valence-corrected chi connectivity index (χ4v) is 3.88. The van der Waals surface area contributed by atoms with E-state index in [1.165, 1.54) is 18.5 Å². The summed E-state index contributed by atoms with van der Waals surface area (Å²) in [5.41, 5.74) is 0.427.